The number of halogens is 1. The highest BCUT2D eigenvalue weighted by atomic mass is 35.5. The molecule has 0 atom stereocenters. The van der Waals surface area contributed by atoms with Crippen molar-refractivity contribution in [1.82, 2.24) is 0 Å². The van der Waals surface area contributed by atoms with E-state index in [0.717, 1.165) is 23.5 Å². The molecule has 0 aliphatic carbocycles. The first-order valence-corrected chi connectivity index (χ1v) is 6.85. The molecule has 0 spiro atoms. The molecular weight excluding hydrogens is 274 g/mol. The minimum absolute atomic E-state index is 0.432. The van der Waals surface area contributed by atoms with Crippen LogP contribution in [0.4, 0.5) is 0 Å². The lowest BCUT2D eigenvalue weighted by atomic mass is 10.1. The number of hydrogen-bond donors (Lipinski definition) is 1. The molecule has 2 aromatic rings. The summed E-state index contributed by atoms with van der Waals surface area (Å²) in [7, 11) is 1.65. The summed E-state index contributed by atoms with van der Waals surface area (Å²) in [5.41, 5.74) is 7.76. The van der Waals surface area contributed by atoms with Gasteiger partial charge in [-0.1, -0.05) is 23.7 Å². The van der Waals surface area contributed by atoms with Crippen molar-refractivity contribution < 1.29 is 9.47 Å². The van der Waals surface area contributed by atoms with E-state index in [1.807, 2.05) is 30.3 Å². The lowest BCUT2D eigenvalue weighted by molar-refractivity contribution is 0.296. The first kappa shape index (κ1) is 14.7. The molecule has 0 unspecified atom stereocenters. The number of nitrogens with two attached hydrogens (primary N) is 1. The molecule has 2 aromatic carbocycles. The van der Waals surface area contributed by atoms with E-state index in [0.29, 0.717) is 18.2 Å². The first-order valence-electron chi connectivity index (χ1n) is 6.47. The van der Waals surface area contributed by atoms with Crippen molar-refractivity contribution in [3.05, 3.63) is 58.6 Å². The first-order chi connectivity index (χ1) is 9.72. The van der Waals surface area contributed by atoms with E-state index in [2.05, 4.69) is 6.07 Å². The molecule has 0 aliphatic heterocycles. The van der Waals surface area contributed by atoms with Gasteiger partial charge < -0.3 is 15.2 Å². The van der Waals surface area contributed by atoms with Crippen LogP contribution in [-0.4, -0.2) is 13.7 Å². The topological polar surface area (TPSA) is 44.5 Å². The molecule has 2 N–H and O–H groups in total. The van der Waals surface area contributed by atoms with Crippen LogP contribution >= 0.6 is 11.6 Å². The Morgan fingerprint density at radius 3 is 2.70 bits per heavy atom. The molecule has 0 saturated carbocycles. The average molecular weight is 292 g/mol. The van der Waals surface area contributed by atoms with Crippen molar-refractivity contribution in [2.45, 2.75) is 13.0 Å². The number of methoxy groups -OCH3 is 1. The van der Waals surface area contributed by atoms with Crippen molar-refractivity contribution in [2.24, 2.45) is 5.73 Å². The lowest BCUT2D eigenvalue weighted by Crippen LogP contribution is -2.05. The van der Waals surface area contributed by atoms with E-state index < -0.39 is 0 Å². The van der Waals surface area contributed by atoms with Crippen LogP contribution in [0.2, 0.25) is 5.02 Å². The largest absolute Gasteiger partial charge is 0.496 e. The fourth-order valence-electron chi connectivity index (χ4n) is 1.98. The second-order valence-corrected chi connectivity index (χ2v) is 4.87. The predicted molar refractivity (Wildman–Crippen MR) is 81.5 cm³/mol. The van der Waals surface area contributed by atoms with Gasteiger partial charge in [0.1, 0.15) is 18.1 Å². The maximum atomic E-state index is 5.93. The van der Waals surface area contributed by atoms with Gasteiger partial charge in [-0.2, -0.15) is 0 Å². The van der Waals surface area contributed by atoms with Crippen molar-refractivity contribution in [3.8, 4) is 11.5 Å². The molecule has 0 aromatic heterocycles. The van der Waals surface area contributed by atoms with E-state index in [4.69, 9.17) is 26.8 Å². The number of ether oxygens (including phenoxy) is 2. The van der Waals surface area contributed by atoms with Gasteiger partial charge in [-0.25, -0.2) is 0 Å². The Morgan fingerprint density at radius 2 is 2.00 bits per heavy atom. The normalized spacial score (nSPS) is 10.3. The van der Waals surface area contributed by atoms with Crippen LogP contribution < -0.4 is 15.2 Å². The van der Waals surface area contributed by atoms with Gasteiger partial charge >= 0.3 is 0 Å². The Hall–Kier alpha value is -1.71. The quantitative estimate of drug-likeness (QED) is 0.887. The second-order valence-electron chi connectivity index (χ2n) is 4.43. The fourth-order valence-corrected chi connectivity index (χ4v) is 2.17. The third-order valence-electron chi connectivity index (χ3n) is 2.97. The van der Waals surface area contributed by atoms with Crippen LogP contribution in [-0.2, 0) is 13.0 Å². The monoisotopic (exact) mass is 291 g/mol. The minimum Gasteiger partial charge on any atom is -0.496 e. The van der Waals surface area contributed by atoms with Crippen LogP contribution in [0.25, 0.3) is 0 Å². The van der Waals surface area contributed by atoms with E-state index >= 15 is 0 Å². The molecule has 106 valence electrons. The van der Waals surface area contributed by atoms with Crippen LogP contribution in [0.15, 0.2) is 42.5 Å². The third-order valence-corrected chi connectivity index (χ3v) is 3.20. The van der Waals surface area contributed by atoms with Crippen molar-refractivity contribution in [3.63, 3.8) is 0 Å². The lowest BCUT2D eigenvalue weighted by Gasteiger charge is -2.12. The van der Waals surface area contributed by atoms with Crippen molar-refractivity contribution >= 4 is 11.6 Å². The molecule has 3 nitrogen and oxygen atoms in total. The van der Waals surface area contributed by atoms with Gasteiger partial charge in [0.15, 0.2) is 0 Å². The number of hydrogen-bond acceptors (Lipinski definition) is 3. The average Bonchev–Trinajstić information content (AvgIpc) is 2.46. The zero-order valence-electron chi connectivity index (χ0n) is 11.4. The summed E-state index contributed by atoms with van der Waals surface area (Å²) >= 11 is 5.93. The van der Waals surface area contributed by atoms with E-state index in [9.17, 15) is 0 Å². The molecule has 0 aliphatic rings. The zero-order valence-corrected chi connectivity index (χ0v) is 12.2. The summed E-state index contributed by atoms with van der Waals surface area (Å²) in [6, 6.07) is 13.4. The highest BCUT2D eigenvalue weighted by molar-refractivity contribution is 6.30. The van der Waals surface area contributed by atoms with Gasteiger partial charge in [0, 0.05) is 10.6 Å². The third kappa shape index (κ3) is 3.89. The van der Waals surface area contributed by atoms with Crippen LogP contribution in [0.3, 0.4) is 0 Å². The Morgan fingerprint density at radius 1 is 1.15 bits per heavy atom. The maximum absolute atomic E-state index is 5.93. The van der Waals surface area contributed by atoms with Crippen molar-refractivity contribution in [2.75, 3.05) is 13.7 Å². The van der Waals surface area contributed by atoms with E-state index in [1.54, 1.807) is 13.2 Å². The Balaban J connectivity index is 2.12. The predicted octanol–water partition coefficient (Wildman–Crippen LogP) is 3.43. The maximum Gasteiger partial charge on any atom is 0.125 e. The van der Waals surface area contributed by atoms with Crippen LogP contribution in [0, 0.1) is 0 Å². The van der Waals surface area contributed by atoms with Crippen molar-refractivity contribution in [1.29, 1.82) is 0 Å². The second kappa shape index (κ2) is 7.17. The smallest absolute Gasteiger partial charge is 0.125 e. The Labute approximate surface area is 124 Å². The molecule has 2 rings (SSSR count). The SMILES string of the molecule is COc1ccc(CCN)cc1COc1cccc(Cl)c1. The summed E-state index contributed by atoms with van der Waals surface area (Å²) < 4.78 is 11.1. The van der Waals surface area contributed by atoms with Gasteiger partial charge in [-0.05, 0) is 48.9 Å². The summed E-state index contributed by atoms with van der Waals surface area (Å²) in [4.78, 5) is 0. The van der Waals surface area contributed by atoms with Gasteiger partial charge in [0.05, 0.1) is 7.11 Å². The van der Waals surface area contributed by atoms with E-state index in [1.165, 1.54) is 5.56 Å². The van der Waals surface area contributed by atoms with Gasteiger partial charge in [0.2, 0.25) is 0 Å². The molecular formula is C16H18ClNO2. The Bertz CT molecular complexity index is 572. The molecule has 0 amide bonds. The fraction of sp³-hybridized carbons (Fsp3) is 0.250. The van der Waals surface area contributed by atoms with Crippen LogP contribution in [0.1, 0.15) is 11.1 Å². The summed E-state index contributed by atoms with van der Waals surface area (Å²) in [5, 5.41) is 0.659. The number of benzene rings is 2. The van der Waals surface area contributed by atoms with E-state index in [-0.39, 0.29) is 0 Å². The summed E-state index contributed by atoms with van der Waals surface area (Å²) in [6.07, 6.45) is 0.841. The highest BCUT2D eigenvalue weighted by Gasteiger charge is 2.06. The minimum atomic E-state index is 0.432. The standard InChI is InChI=1S/C16H18ClNO2/c1-19-16-6-5-12(7-8-18)9-13(16)11-20-15-4-2-3-14(17)10-15/h2-6,9-10H,7-8,11,18H2,1H3. The van der Waals surface area contributed by atoms with Gasteiger partial charge in [0.25, 0.3) is 0 Å². The highest BCUT2D eigenvalue weighted by Crippen LogP contribution is 2.23. The summed E-state index contributed by atoms with van der Waals surface area (Å²) in [6.45, 7) is 1.06. The molecule has 0 bridgehead atoms. The van der Waals surface area contributed by atoms with Gasteiger partial charge in [-0.15, -0.1) is 0 Å². The molecule has 0 saturated heterocycles. The zero-order chi connectivity index (χ0) is 14.4. The summed E-state index contributed by atoms with van der Waals surface area (Å²) in [5.74, 6) is 1.55. The molecule has 4 heteroatoms. The Kier molecular flexibility index (Phi) is 5.27. The molecule has 20 heavy (non-hydrogen) atoms. The van der Waals surface area contributed by atoms with Gasteiger partial charge in [-0.3, -0.25) is 0 Å². The number of rotatable bonds is 6. The van der Waals surface area contributed by atoms with Crippen LogP contribution in [0.5, 0.6) is 11.5 Å². The molecule has 0 radical (unpaired) electrons. The molecule has 0 heterocycles. The molecule has 0 fully saturated rings.